The molecule has 0 aliphatic heterocycles. The highest BCUT2D eigenvalue weighted by atomic mass is 32.1. The van der Waals surface area contributed by atoms with E-state index in [1.54, 1.807) is 11.3 Å². The zero-order valence-electron chi connectivity index (χ0n) is 14.8. The molecule has 2 amide bonds. The van der Waals surface area contributed by atoms with Crippen molar-refractivity contribution in [1.82, 2.24) is 10.6 Å². The number of benzene rings is 1. The second kappa shape index (κ2) is 8.30. The number of nitrogens with zero attached hydrogens (tertiary/aromatic N) is 1. The first kappa shape index (κ1) is 19.0. The molecule has 0 bridgehead atoms. The number of rotatable bonds is 7. The lowest BCUT2D eigenvalue weighted by Crippen LogP contribution is -2.43. The van der Waals surface area contributed by atoms with Gasteiger partial charge >= 0.3 is 0 Å². The Balaban J connectivity index is 1.53. The molecule has 8 heteroatoms. The van der Waals surface area contributed by atoms with Gasteiger partial charge in [-0.05, 0) is 30.4 Å². The molecule has 1 aromatic heterocycles. The molecular weight excluding hydrogens is 366 g/mol. The van der Waals surface area contributed by atoms with Crippen LogP contribution in [0.4, 0.5) is 5.69 Å². The van der Waals surface area contributed by atoms with Crippen molar-refractivity contribution in [1.29, 1.82) is 0 Å². The molecule has 1 aliphatic rings. The van der Waals surface area contributed by atoms with E-state index in [2.05, 4.69) is 22.1 Å². The van der Waals surface area contributed by atoms with Crippen LogP contribution < -0.4 is 10.6 Å². The van der Waals surface area contributed by atoms with Crippen LogP contribution in [0, 0.1) is 10.1 Å². The van der Waals surface area contributed by atoms with Gasteiger partial charge in [0, 0.05) is 34.5 Å². The molecule has 0 saturated heterocycles. The molecule has 0 spiro atoms. The maximum atomic E-state index is 12.2. The van der Waals surface area contributed by atoms with Crippen molar-refractivity contribution in [2.45, 2.75) is 31.1 Å². The summed E-state index contributed by atoms with van der Waals surface area (Å²) in [7, 11) is 0. The van der Waals surface area contributed by atoms with Crippen molar-refractivity contribution in [3.63, 3.8) is 0 Å². The number of thiophene rings is 1. The van der Waals surface area contributed by atoms with Gasteiger partial charge < -0.3 is 10.6 Å². The summed E-state index contributed by atoms with van der Waals surface area (Å²) in [4.78, 5) is 35.8. The Bertz CT molecular complexity index is 829. The Morgan fingerprint density at radius 2 is 1.93 bits per heavy atom. The Kier molecular flexibility index (Phi) is 5.85. The van der Waals surface area contributed by atoms with E-state index in [4.69, 9.17) is 0 Å². The van der Waals surface area contributed by atoms with Crippen molar-refractivity contribution in [3.05, 3.63) is 62.3 Å². The van der Waals surface area contributed by atoms with E-state index < -0.39 is 10.8 Å². The first-order valence-electron chi connectivity index (χ1n) is 8.83. The third-order valence-corrected chi connectivity index (χ3v) is 6.07. The highest BCUT2D eigenvalue weighted by molar-refractivity contribution is 7.10. The molecule has 0 unspecified atom stereocenters. The second-order valence-corrected chi connectivity index (χ2v) is 7.68. The number of non-ortho nitro benzene ring substituents is 1. The van der Waals surface area contributed by atoms with E-state index in [-0.39, 0.29) is 29.1 Å². The molecule has 1 heterocycles. The summed E-state index contributed by atoms with van der Waals surface area (Å²) < 4.78 is 0. The number of hydrogen-bond donors (Lipinski definition) is 2. The number of carbonyl (C=O) groups is 2. The van der Waals surface area contributed by atoms with E-state index in [0.717, 1.165) is 25.7 Å². The molecule has 1 saturated carbocycles. The van der Waals surface area contributed by atoms with Gasteiger partial charge in [-0.2, -0.15) is 0 Å². The van der Waals surface area contributed by atoms with Crippen LogP contribution in [-0.4, -0.2) is 29.8 Å². The molecule has 27 heavy (non-hydrogen) atoms. The van der Waals surface area contributed by atoms with E-state index in [0.29, 0.717) is 6.54 Å². The Morgan fingerprint density at radius 1 is 1.15 bits per heavy atom. The predicted octanol–water partition coefficient (Wildman–Crippen LogP) is 3.01. The van der Waals surface area contributed by atoms with Crippen molar-refractivity contribution < 1.29 is 14.5 Å². The highest BCUT2D eigenvalue weighted by Gasteiger charge is 2.36. The summed E-state index contributed by atoms with van der Waals surface area (Å²) in [5.41, 5.74) is -0.0116. The molecule has 1 fully saturated rings. The van der Waals surface area contributed by atoms with Gasteiger partial charge in [0.2, 0.25) is 5.91 Å². The molecule has 142 valence electrons. The average molecular weight is 387 g/mol. The molecule has 1 aromatic carbocycles. The fourth-order valence-electron chi connectivity index (χ4n) is 3.50. The molecular formula is C19H21N3O4S. The van der Waals surface area contributed by atoms with Gasteiger partial charge in [0.1, 0.15) is 0 Å². The molecule has 3 rings (SSSR count). The largest absolute Gasteiger partial charge is 0.354 e. The Labute approximate surface area is 160 Å². The van der Waals surface area contributed by atoms with Gasteiger partial charge in [-0.3, -0.25) is 19.7 Å². The lowest BCUT2D eigenvalue weighted by molar-refractivity contribution is -0.384. The SMILES string of the molecule is O=C(CNC(=O)c1cccc([N+](=O)[O-])c1)NCC1(c2cccs2)CCCC1. The third kappa shape index (κ3) is 4.51. The van der Waals surface area contributed by atoms with Crippen LogP contribution in [0.2, 0.25) is 0 Å². The summed E-state index contributed by atoms with van der Waals surface area (Å²) in [5.74, 6) is -0.778. The van der Waals surface area contributed by atoms with Crippen LogP contribution in [0.15, 0.2) is 41.8 Å². The predicted molar refractivity (Wildman–Crippen MR) is 103 cm³/mol. The molecule has 7 nitrogen and oxygen atoms in total. The summed E-state index contributed by atoms with van der Waals surface area (Å²) in [6.45, 7) is 0.390. The summed E-state index contributed by atoms with van der Waals surface area (Å²) in [6, 6.07) is 9.57. The van der Waals surface area contributed by atoms with E-state index >= 15 is 0 Å². The third-order valence-electron chi connectivity index (χ3n) is 4.96. The van der Waals surface area contributed by atoms with Crippen molar-refractivity contribution in [2.24, 2.45) is 0 Å². The normalized spacial score (nSPS) is 15.3. The van der Waals surface area contributed by atoms with Gasteiger partial charge in [-0.1, -0.05) is 25.0 Å². The number of amides is 2. The maximum Gasteiger partial charge on any atom is 0.270 e. The van der Waals surface area contributed by atoms with Gasteiger partial charge in [0.25, 0.3) is 11.6 Å². The zero-order chi connectivity index (χ0) is 19.3. The van der Waals surface area contributed by atoms with Crippen molar-refractivity contribution in [3.8, 4) is 0 Å². The highest BCUT2D eigenvalue weighted by Crippen LogP contribution is 2.42. The van der Waals surface area contributed by atoms with Crippen LogP contribution in [0.25, 0.3) is 0 Å². The molecule has 1 aliphatic carbocycles. The van der Waals surface area contributed by atoms with Crippen molar-refractivity contribution in [2.75, 3.05) is 13.1 Å². The number of nitro groups is 1. The topological polar surface area (TPSA) is 101 Å². The maximum absolute atomic E-state index is 12.2. The van der Waals surface area contributed by atoms with Gasteiger partial charge in [0.05, 0.1) is 11.5 Å². The first-order chi connectivity index (χ1) is 13.0. The quantitative estimate of drug-likeness (QED) is 0.563. The Hall–Kier alpha value is -2.74. The number of hydrogen-bond acceptors (Lipinski definition) is 5. The number of nitro benzene ring substituents is 1. The minimum Gasteiger partial charge on any atom is -0.354 e. The first-order valence-corrected chi connectivity index (χ1v) is 9.71. The smallest absolute Gasteiger partial charge is 0.270 e. The fraction of sp³-hybridized carbons (Fsp3) is 0.368. The standard InChI is InChI=1S/C19H21N3O4S/c23-17(12-20-18(24)14-5-3-6-15(11-14)22(25)26)21-13-19(8-1-2-9-19)16-7-4-10-27-16/h3-7,10-11H,1-2,8-9,12-13H2,(H,20,24)(H,21,23). The van der Waals surface area contributed by atoms with E-state index in [1.807, 2.05) is 6.07 Å². The zero-order valence-corrected chi connectivity index (χ0v) is 15.6. The van der Waals surface area contributed by atoms with Crippen LogP contribution in [0.3, 0.4) is 0 Å². The van der Waals surface area contributed by atoms with Crippen LogP contribution in [0.1, 0.15) is 40.9 Å². The van der Waals surface area contributed by atoms with Crippen LogP contribution in [-0.2, 0) is 10.2 Å². The lowest BCUT2D eigenvalue weighted by atomic mass is 9.84. The summed E-state index contributed by atoms with van der Waals surface area (Å²) in [6.07, 6.45) is 4.40. The van der Waals surface area contributed by atoms with Gasteiger partial charge in [-0.25, -0.2) is 0 Å². The van der Waals surface area contributed by atoms with E-state index in [9.17, 15) is 19.7 Å². The van der Waals surface area contributed by atoms with Gasteiger partial charge in [0.15, 0.2) is 0 Å². The van der Waals surface area contributed by atoms with Crippen LogP contribution in [0.5, 0.6) is 0 Å². The minimum atomic E-state index is -0.560. The van der Waals surface area contributed by atoms with Gasteiger partial charge in [-0.15, -0.1) is 11.3 Å². The molecule has 2 aromatic rings. The number of nitrogens with one attached hydrogen (secondary N) is 2. The molecule has 0 radical (unpaired) electrons. The molecule has 2 N–H and O–H groups in total. The van der Waals surface area contributed by atoms with E-state index in [1.165, 1.54) is 29.1 Å². The van der Waals surface area contributed by atoms with Crippen LogP contribution >= 0.6 is 11.3 Å². The fourth-order valence-corrected chi connectivity index (χ4v) is 4.48. The summed E-state index contributed by atoms with van der Waals surface area (Å²) >= 11 is 1.71. The Morgan fingerprint density at radius 3 is 2.59 bits per heavy atom. The monoisotopic (exact) mass is 387 g/mol. The van der Waals surface area contributed by atoms with Crippen molar-refractivity contribution >= 4 is 28.8 Å². The second-order valence-electron chi connectivity index (χ2n) is 6.73. The summed E-state index contributed by atoms with van der Waals surface area (Å²) in [5, 5.41) is 18.3. The average Bonchev–Trinajstić information content (AvgIpc) is 3.37. The minimum absolute atomic E-state index is 0.00607. The molecule has 0 atom stereocenters. The lowest BCUT2D eigenvalue weighted by Gasteiger charge is -2.28. The number of carbonyl (C=O) groups excluding carboxylic acids is 2.